The third kappa shape index (κ3) is 2.90. The maximum absolute atomic E-state index is 5.82. The zero-order valence-corrected chi connectivity index (χ0v) is 10.4. The molecular weight excluding hydrogens is 244 g/mol. The van der Waals surface area contributed by atoms with Gasteiger partial charge in [0.1, 0.15) is 0 Å². The van der Waals surface area contributed by atoms with Crippen LogP contribution >= 0.6 is 23.1 Å². The average Bonchev–Trinajstić information content (AvgIpc) is 2.81. The Balaban J connectivity index is 1.90. The standard InChI is InChI=1S/C10H11ClN4S/c1-15(10-12-13-14-16-10)7-6-8-2-4-9(11)5-3-8/h2-5H,6-7H2,1H3. The first-order valence-electron chi connectivity index (χ1n) is 4.86. The van der Waals surface area contributed by atoms with Crippen molar-refractivity contribution in [3.8, 4) is 0 Å². The molecule has 0 N–H and O–H groups in total. The summed E-state index contributed by atoms with van der Waals surface area (Å²) in [4.78, 5) is 2.04. The van der Waals surface area contributed by atoms with Crippen LogP contribution in [-0.4, -0.2) is 28.4 Å². The van der Waals surface area contributed by atoms with Gasteiger partial charge in [0, 0.05) is 30.1 Å². The second-order valence-corrected chi connectivity index (χ2v) is 4.59. The summed E-state index contributed by atoms with van der Waals surface area (Å²) in [5, 5.41) is 9.08. The van der Waals surface area contributed by atoms with E-state index >= 15 is 0 Å². The molecule has 0 unspecified atom stereocenters. The van der Waals surface area contributed by atoms with Crippen molar-refractivity contribution >= 4 is 28.3 Å². The van der Waals surface area contributed by atoms with Gasteiger partial charge in [-0.1, -0.05) is 33.3 Å². The molecule has 16 heavy (non-hydrogen) atoms. The maximum atomic E-state index is 5.82. The van der Waals surface area contributed by atoms with Crippen LogP contribution in [0.4, 0.5) is 5.13 Å². The van der Waals surface area contributed by atoms with Gasteiger partial charge in [-0.05, 0) is 29.3 Å². The van der Waals surface area contributed by atoms with Gasteiger partial charge < -0.3 is 4.90 Å². The summed E-state index contributed by atoms with van der Waals surface area (Å²) in [5.74, 6) is 0. The van der Waals surface area contributed by atoms with Gasteiger partial charge in [-0.2, -0.15) is 0 Å². The van der Waals surface area contributed by atoms with E-state index in [0.29, 0.717) is 0 Å². The molecule has 4 nitrogen and oxygen atoms in total. The zero-order valence-electron chi connectivity index (χ0n) is 8.80. The van der Waals surface area contributed by atoms with E-state index in [1.807, 2.05) is 36.2 Å². The summed E-state index contributed by atoms with van der Waals surface area (Å²) < 4.78 is 3.73. The molecule has 2 aromatic rings. The van der Waals surface area contributed by atoms with Gasteiger partial charge in [-0.25, -0.2) is 0 Å². The summed E-state index contributed by atoms with van der Waals surface area (Å²) in [5.41, 5.74) is 1.26. The van der Waals surface area contributed by atoms with E-state index in [-0.39, 0.29) is 0 Å². The molecule has 0 aliphatic heterocycles. The number of hydrogen-bond donors (Lipinski definition) is 0. The number of likely N-dealkylation sites (N-methyl/N-ethyl adjacent to an activating group) is 1. The van der Waals surface area contributed by atoms with Crippen molar-refractivity contribution in [2.45, 2.75) is 6.42 Å². The van der Waals surface area contributed by atoms with Gasteiger partial charge in [0.15, 0.2) is 0 Å². The van der Waals surface area contributed by atoms with Crippen LogP contribution in [0.5, 0.6) is 0 Å². The SMILES string of the molecule is CN(CCc1ccc(Cl)cc1)c1nnns1. The third-order valence-corrected chi connectivity index (χ3v) is 3.23. The van der Waals surface area contributed by atoms with Gasteiger partial charge in [0.05, 0.1) is 0 Å². The minimum absolute atomic E-state index is 0.769. The van der Waals surface area contributed by atoms with Gasteiger partial charge >= 0.3 is 0 Å². The molecule has 0 amide bonds. The zero-order chi connectivity index (χ0) is 11.4. The second kappa shape index (κ2) is 5.23. The Kier molecular flexibility index (Phi) is 3.69. The first-order valence-corrected chi connectivity index (χ1v) is 6.01. The molecule has 1 heterocycles. The summed E-state index contributed by atoms with van der Waals surface area (Å²) in [6.07, 6.45) is 0.952. The maximum Gasteiger partial charge on any atom is 0.227 e. The fraction of sp³-hybridized carbons (Fsp3) is 0.300. The van der Waals surface area contributed by atoms with E-state index in [4.69, 9.17) is 11.6 Å². The quantitative estimate of drug-likeness (QED) is 0.839. The molecule has 0 bridgehead atoms. The smallest absolute Gasteiger partial charge is 0.227 e. The van der Waals surface area contributed by atoms with Crippen LogP contribution in [0, 0.1) is 0 Å². The van der Waals surface area contributed by atoms with E-state index in [2.05, 4.69) is 14.8 Å². The Morgan fingerprint density at radius 3 is 2.69 bits per heavy atom. The molecule has 0 radical (unpaired) electrons. The number of nitrogens with zero attached hydrogens (tertiary/aromatic N) is 4. The Bertz CT molecular complexity index is 429. The van der Waals surface area contributed by atoms with Crippen molar-refractivity contribution < 1.29 is 0 Å². The minimum atomic E-state index is 0.769. The average molecular weight is 255 g/mol. The van der Waals surface area contributed by atoms with Crippen LogP contribution in [0.3, 0.4) is 0 Å². The summed E-state index contributed by atoms with van der Waals surface area (Å²) in [6, 6.07) is 7.88. The van der Waals surface area contributed by atoms with E-state index < -0.39 is 0 Å². The van der Waals surface area contributed by atoms with Gasteiger partial charge in [0.25, 0.3) is 0 Å². The predicted octanol–water partition coefficient (Wildman–Crippen LogP) is 2.27. The molecule has 1 aromatic carbocycles. The van der Waals surface area contributed by atoms with Crippen LogP contribution in [-0.2, 0) is 6.42 Å². The molecule has 2 rings (SSSR count). The number of hydrogen-bond acceptors (Lipinski definition) is 5. The highest BCUT2D eigenvalue weighted by molar-refractivity contribution is 7.09. The molecule has 0 aliphatic carbocycles. The highest BCUT2D eigenvalue weighted by Crippen LogP contribution is 2.13. The Hall–Kier alpha value is -1.20. The van der Waals surface area contributed by atoms with Crippen molar-refractivity contribution in [3.63, 3.8) is 0 Å². The van der Waals surface area contributed by atoms with Gasteiger partial charge in [0.2, 0.25) is 5.13 Å². The minimum Gasteiger partial charge on any atom is -0.348 e. The summed E-state index contributed by atoms with van der Waals surface area (Å²) in [7, 11) is 1.98. The first kappa shape index (κ1) is 11.3. The highest BCUT2D eigenvalue weighted by Gasteiger charge is 2.05. The second-order valence-electron chi connectivity index (χ2n) is 3.44. The Morgan fingerprint density at radius 2 is 2.06 bits per heavy atom. The van der Waals surface area contributed by atoms with Crippen LogP contribution < -0.4 is 4.90 Å². The van der Waals surface area contributed by atoms with Crippen molar-refractivity contribution in [1.82, 2.24) is 14.8 Å². The number of anilines is 1. The molecule has 0 atom stereocenters. The molecule has 0 aliphatic rings. The monoisotopic (exact) mass is 254 g/mol. The normalized spacial score (nSPS) is 10.4. The predicted molar refractivity (Wildman–Crippen MR) is 66.1 cm³/mol. The van der Waals surface area contributed by atoms with Crippen LogP contribution in [0.25, 0.3) is 0 Å². The van der Waals surface area contributed by atoms with E-state index in [1.165, 1.54) is 17.1 Å². The lowest BCUT2D eigenvalue weighted by Gasteiger charge is -2.13. The lowest BCUT2D eigenvalue weighted by Crippen LogP contribution is -2.20. The summed E-state index contributed by atoms with van der Waals surface area (Å²) >= 11 is 7.12. The Labute approximate surface area is 103 Å². The molecule has 0 spiro atoms. The van der Waals surface area contributed by atoms with Crippen LogP contribution in [0.2, 0.25) is 5.02 Å². The number of benzene rings is 1. The molecule has 6 heteroatoms. The number of aromatic nitrogens is 3. The van der Waals surface area contributed by atoms with Crippen molar-refractivity contribution in [3.05, 3.63) is 34.9 Å². The molecule has 0 saturated heterocycles. The van der Waals surface area contributed by atoms with Crippen LogP contribution in [0.15, 0.2) is 24.3 Å². The third-order valence-electron chi connectivity index (χ3n) is 2.26. The van der Waals surface area contributed by atoms with Gasteiger partial charge in [-0.3, -0.25) is 0 Å². The van der Waals surface area contributed by atoms with Crippen molar-refractivity contribution in [2.75, 3.05) is 18.5 Å². The lowest BCUT2D eigenvalue weighted by molar-refractivity contribution is 0.848. The number of rotatable bonds is 4. The molecule has 1 aromatic heterocycles. The van der Waals surface area contributed by atoms with Gasteiger partial charge in [-0.15, -0.1) is 0 Å². The van der Waals surface area contributed by atoms with E-state index in [1.54, 1.807) is 0 Å². The topological polar surface area (TPSA) is 41.9 Å². The molecule has 84 valence electrons. The summed E-state index contributed by atoms with van der Waals surface area (Å²) in [6.45, 7) is 0.887. The molecular formula is C10H11ClN4S. The molecule has 0 saturated carbocycles. The fourth-order valence-corrected chi connectivity index (χ4v) is 1.89. The highest BCUT2D eigenvalue weighted by atomic mass is 35.5. The first-order chi connectivity index (χ1) is 7.75. The molecule has 0 fully saturated rings. The van der Waals surface area contributed by atoms with E-state index in [0.717, 1.165) is 23.1 Å². The largest absolute Gasteiger partial charge is 0.348 e. The van der Waals surface area contributed by atoms with Crippen molar-refractivity contribution in [2.24, 2.45) is 0 Å². The fourth-order valence-electron chi connectivity index (χ4n) is 1.32. The van der Waals surface area contributed by atoms with Crippen molar-refractivity contribution in [1.29, 1.82) is 0 Å². The van der Waals surface area contributed by atoms with Crippen LogP contribution in [0.1, 0.15) is 5.56 Å². The lowest BCUT2D eigenvalue weighted by atomic mass is 10.1. The Morgan fingerprint density at radius 1 is 1.31 bits per heavy atom. The van der Waals surface area contributed by atoms with E-state index in [9.17, 15) is 0 Å². The number of halogens is 1.